The van der Waals surface area contributed by atoms with Gasteiger partial charge in [0.25, 0.3) is 5.91 Å². The van der Waals surface area contributed by atoms with Crippen molar-refractivity contribution in [2.75, 3.05) is 33.7 Å². The molecule has 0 unspecified atom stereocenters. The Morgan fingerprint density at radius 3 is 2.47 bits per heavy atom. The topological polar surface area (TPSA) is 43.8 Å². The molecule has 19 heavy (non-hydrogen) atoms. The Labute approximate surface area is 113 Å². The summed E-state index contributed by atoms with van der Waals surface area (Å²) in [6, 6.07) is 3.89. The Balaban J connectivity index is 2.92. The molecule has 4 nitrogen and oxygen atoms in total. The van der Waals surface area contributed by atoms with E-state index in [-0.39, 0.29) is 11.3 Å². The highest BCUT2D eigenvalue weighted by atomic mass is 19.1. The summed E-state index contributed by atoms with van der Waals surface area (Å²) in [6.07, 6.45) is 0.786. The number of halogens is 1. The Morgan fingerprint density at radius 1 is 1.26 bits per heavy atom. The minimum Gasteiger partial charge on any atom is -0.507 e. The predicted octanol–water partition coefficient (Wildman–Crippen LogP) is 1.95. The molecule has 0 aromatic heterocycles. The van der Waals surface area contributed by atoms with Gasteiger partial charge in [-0.05, 0) is 32.6 Å². The zero-order valence-corrected chi connectivity index (χ0v) is 11.7. The highest BCUT2D eigenvalue weighted by Crippen LogP contribution is 2.21. The van der Waals surface area contributed by atoms with Crippen LogP contribution in [-0.2, 0) is 0 Å². The van der Waals surface area contributed by atoms with Crippen LogP contribution in [0.1, 0.15) is 23.7 Å². The van der Waals surface area contributed by atoms with Crippen molar-refractivity contribution in [3.63, 3.8) is 0 Å². The number of likely N-dealkylation sites (N-methyl/N-ethyl adjacent to an activating group) is 1. The lowest BCUT2D eigenvalue weighted by Crippen LogP contribution is -2.37. The quantitative estimate of drug-likeness (QED) is 0.857. The van der Waals surface area contributed by atoms with E-state index in [0.29, 0.717) is 19.6 Å². The summed E-state index contributed by atoms with van der Waals surface area (Å²) < 4.78 is 13.7. The fourth-order valence-corrected chi connectivity index (χ4v) is 1.79. The molecule has 0 atom stereocenters. The monoisotopic (exact) mass is 268 g/mol. The third kappa shape index (κ3) is 4.21. The average molecular weight is 268 g/mol. The lowest BCUT2D eigenvalue weighted by atomic mass is 10.1. The van der Waals surface area contributed by atoms with Crippen LogP contribution >= 0.6 is 0 Å². The van der Waals surface area contributed by atoms with Crippen molar-refractivity contribution in [2.24, 2.45) is 0 Å². The molecule has 0 saturated heterocycles. The standard InChI is InChI=1S/C14H21FN2O2/c1-4-8-17(10-9-16(2)3)14(19)13-11(15)6-5-7-12(13)18/h5-7,18H,4,8-10H2,1-3H3. The van der Waals surface area contributed by atoms with Crippen LogP contribution in [0.25, 0.3) is 0 Å². The van der Waals surface area contributed by atoms with Gasteiger partial charge in [-0.2, -0.15) is 0 Å². The lowest BCUT2D eigenvalue weighted by Gasteiger charge is -2.24. The second-order valence-corrected chi connectivity index (χ2v) is 4.73. The highest BCUT2D eigenvalue weighted by Gasteiger charge is 2.22. The SMILES string of the molecule is CCCN(CCN(C)C)C(=O)c1c(O)cccc1F. The number of aromatic hydroxyl groups is 1. The predicted molar refractivity (Wildman–Crippen MR) is 72.8 cm³/mol. The van der Waals surface area contributed by atoms with Crippen molar-refractivity contribution >= 4 is 5.91 Å². The number of carbonyl (C=O) groups excluding carboxylic acids is 1. The number of phenolic OH excluding ortho intramolecular Hbond substituents is 1. The summed E-state index contributed by atoms with van der Waals surface area (Å²) in [7, 11) is 3.82. The van der Waals surface area contributed by atoms with E-state index in [9.17, 15) is 14.3 Å². The molecule has 0 aliphatic heterocycles. The van der Waals surface area contributed by atoms with Crippen LogP contribution < -0.4 is 0 Å². The van der Waals surface area contributed by atoms with Gasteiger partial charge in [0.05, 0.1) is 0 Å². The summed E-state index contributed by atoms with van der Waals surface area (Å²) >= 11 is 0. The zero-order valence-electron chi connectivity index (χ0n) is 11.7. The Kier molecular flexibility index (Phi) is 5.76. The van der Waals surface area contributed by atoms with Crippen molar-refractivity contribution in [1.29, 1.82) is 0 Å². The van der Waals surface area contributed by atoms with E-state index in [2.05, 4.69) is 0 Å². The lowest BCUT2D eigenvalue weighted by molar-refractivity contribution is 0.0737. The summed E-state index contributed by atoms with van der Waals surface area (Å²) in [5.41, 5.74) is -0.241. The molecule has 1 aromatic rings. The number of hydrogen-bond acceptors (Lipinski definition) is 3. The maximum atomic E-state index is 13.7. The Hall–Kier alpha value is -1.62. The fraction of sp³-hybridized carbons (Fsp3) is 0.500. The van der Waals surface area contributed by atoms with E-state index in [0.717, 1.165) is 6.42 Å². The molecule has 0 fully saturated rings. The van der Waals surface area contributed by atoms with E-state index >= 15 is 0 Å². The molecule has 0 radical (unpaired) electrons. The Bertz CT molecular complexity index is 415. The van der Waals surface area contributed by atoms with Crippen LogP contribution in [0, 0.1) is 5.82 Å². The molecule has 1 N–H and O–H groups in total. The minimum absolute atomic E-state index is 0.241. The van der Waals surface area contributed by atoms with Gasteiger partial charge in [0.2, 0.25) is 0 Å². The van der Waals surface area contributed by atoms with Gasteiger partial charge < -0.3 is 14.9 Å². The van der Waals surface area contributed by atoms with Gasteiger partial charge in [-0.25, -0.2) is 4.39 Å². The van der Waals surface area contributed by atoms with E-state index < -0.39 is 11.7 Å². The van der Waals surface area contributed by atoms with Gasteiger partial charge in [0, 0.05) is 19.6 Å². The number of benzene rings is 1. The molecule has 0 bridgehead atoms. The summed E-state index contributed by atoms with van der Waals surface area (Å²) in [5.74, 6) is -1.45. The number of amides is 1. The molecule has 1 rings (SSSR count). The summed E-state index contributed by atoms with van der Waals surface area (Å²) in [4.78, 5) is 15.8. The first-order valence-corrected chi connectivity index (χ1v) is 6.38. The first-order chi connectivity index (χ1) is 8.97. The first kappa shape index (κ1) is 15.4. The van der Waals surface area contributed by atoms with Gasteiger partial charge in [0.15, 0.2) is 0 Å². The second-order valence-electron chi connectivity index (χ2n) is 4.73. The fourth-order valence-electron chi connectivity index (χ4n) is 1.79. The van der Waals surface area contributed by atoms with Gasteiger partial charge in [-0.15, -0.1) is 0 Å². The first-order valence-electron chi connectivity index (χ1n) is 6.38. The van der Waals surface area contributed by atoms with Crippen LogP contribution in [0.15, 0.2) is 18.2 Å². The van der Waals surface area contributed by atoms with Crippen molar-refractivity contribution in [1.82, 2.24) is 9.80 Å². The normalized spacial score (nSPS) is 10.8. The number of carbonyl (C=O) groups is 1. The minimum atomic E-state index is -0.684. The maximum Gasteiger partial charge on any atom is 0.260 e. The molecule has 0 aliphatic carbocycles. The molecule has 0 heterocycles. The number of hydrogen-bond donors (Lipinski definition) is 1. The molecule has 1 aromatic carbocycles. The van der Waals surface area contributed by atoms with Crippen molar-refractivity contribution in [3.05, 3.63) is 29.6 Å². The molecular formula is C14H21FN2O2. The average Bonchev–Trinajstić information content (AvgIpc) is 2.33. The second kappa shape index (κ2) is 7.09. The zero-order chi connectivity index (χ0) is 14.4. The molecule has 106 valence electrons. The van der Waals surface area contributed by atoms with Gasteiger partial charge in [-0.3, -0.25) is 4.79 Å². The van der Waals surface area contributed by atoms with E-state index in [4.69, 9.17) is 0 Å². The Morgan fingerprint density at radius 2 is 1.95 bits per heavy atom. The smallest absolute Gasteiger partial charge is 0.260 e. The van der Waals surface area contributed by atoms with E-state index in [1.54, 1.807) is 4.90 Å². The molecule has 1 amide bonds. The van der Waals surface area contributed by atoms with Crippen LogP contribution in [0.2, 0.25) is 0 Å². The van der Waals surface area contributed by atoms with E-state index in [1.165, 1.54) is 18.2 Å². The third-order valence-corrected chi connectivity index (χ3v) is 2.80. The number of phenols is 1. The van der Waals surface area contributed by atoms with E-state index in [1.807, 2.05) is 25.9 Å². The molecule has 0 spiro atoms. The molecule has 0 aliphatic rings. The van der Waals surface area contributed by atoms with Crippen LogP contribution in [0.4, 0.5) is 4.39 Å². The van der Waals surface area contributed by atoms with Crippen molar-refractivity contribution in [2.45, 2.75) is 13.3 Å². The maximum absolute atomic E-state index is 13.7. The van der Waals surface area contributed by atoms with Crippen molar-refractivity contribution in [3.8, 4) is 5.75 Å². The van der Waals surface area contributed by atoms with Crippen LogP contribution in [-0.4, -0.2) is 54.5 Å². The summed E-state index contributed by atoms with van der Waals surface area (Å²) in [6.45, 7) is 3.70. The largest absolute Gasteiger partial charge is 0.507 e. The number of nitrogens with zero attached hydrogens (tertiary/aromatic N) is 2. The van der Waals surface area contributed by atoms with Gasteiger partial charge >= 0.3 is 0 Å². The molecular weight excluding hydrogens is 247 g/mol. The van der Waals surface area contributed by atoms with Gasteiger partial charge in [0.1, 0.15) is 17.1 Å². The van der Waals surface area contributed by atoms with Crippen LogP contribution in [0.5, 0.6) is 5.75 Å². The van der Waals surface area contributed by atoms with Crippen molar-refractivity contribution < 1.29 is 14.3 Å². The molecule has 0 saturated carbocycles. The highest BCUT2D eigenvalue weighted by molar-refractivity contribution is 5.97. The summed E-state index contributed by atoms with van der Waals surface area (Å²) in [5, 5.41) is 9.66. The third-order valence-electron chi connectivity index (χ3n) is 2.80. The molecule has 5 heteroatoms. The van der Waals surface area contributed by atoms with Crippen LogP contribution in [0.3, 0.4) is 0 Å². The number of rotatable bonds is 6. The van der Waals surface area contributed by atoms with Gasteiger partial charge in [-0.1, -0.05) is 13.0 Å².